The maximum atomic E-state index is 13.9. The molecule has 0 aliphatic carbocycles. The van der Waals surface area contributed by atoms with Gasteiger partial charge in [-0.2, -0.15) is 0 Å². The monoisotopic (exact) mass is 422 g/mol. The summed E-state index contributed by atoms with van der Waals surface area (Å²) in [6.45, 7) is 7.78. The van der Waals surface area contributed by atoms with Crippen molar-refractivity contribution in [3.8, 4) is 0 Å². The summed E-state index contributed by atoms with van der Waals surface area (Å²) >= 11 is 6.17. The number of aliphatic hydroxyl groups excluding tert-OH is 1. The number of amidine groups is 1. The van der Waals surface area contributed by atoms with E-state index in [1.165, 1.54) is 0 Å². The molecule has 0 saturated carbocycles. The molecule has 1 atom stereocenters. The minimum absolute atomic E-state index is 0.0296. The molecule has 4 rings (SSSR count). The van der Waals surface area contributed by atoms with Crippen LogP contribution < -0.4 is 0 Å². The molecule has 0 aromatic carbocycles. The highest BCUT2D eigenvalue weighted by Gasteiger charge is 2.55. The number of hydrogen-bond acceptors (Lipinski definition) is 4. The largest absolute Gasteiger partial charge is 0.388 e. The maximum absolute atomic E-state index is 13.9. The van der Waals surface area contributed by atoms with Gasteiger partial charge in [-0.1, -0.05) is 18.5 Å². The number of halogens is 2. The fourth-order valence-electron chi connectivity index (χ4n) is 4.64. The number of aliphatic hydroxyl groups is 1. The van der Waals surface area contributed by atoms with Gasteiger partial charge in [0.15, 0.2) is 11.7 Å². The number of hydrogen-bond donors (Lipinski definition) is 1. The summed E-state index contributed by atoms with van der Waals surface area (Å²) in [7, 11) is 0. The van der Waals surface area contributed by atoms with E-state index >= 15 is 0 Å². The van der Waals surface area contributed by atoms with Crippen LogP contribution in [-0.4, -0.2) is 77.0 Å². The Bertz CT molecular complexity index is 821. The number of carbonyl (C=O) groups is 1. The third kappa shape index (κ3) is 3.70. The highest BCUT2D eigenvalue weighted by molar-refractivity contribution is 6.29. The van der Waals surface area contributed by atoms with E-state index in [2.05, 4.69) is 4.99 Å². The van der Waals surface area contributed by atoms with Gasteiger partial charge in [0, 0.05) is 61.0 Å². The van der Waals surface area contributed by atoms with Crippen molar-refractivity contribution >= 4 is 23.5 Å². The fourth-order valence-corrected chi connectivity index (χ4v) is 4.76. The predicted octanol–water partition coefficient (Wildman–Crippen LogP) is 3.25. The molecule has 29 heavy (non-hydrogen) atoms. The van der Waals surface area contributed by atoms with Gasteiger partial charge < -0.3 is 14.9 Å². The highest BCUT2D eigenvalue weighted by atomic mass is 35.5. The van der Waals surface area contributed by atoms with Crippen LogP contribution in [0.1, 0.15) is 33.1 Å². The van der Waals surface area contributed by atoms with Crippen molar-refractivity contribution in [2.24, 2.45) is 10.4 Å². The van der Waals surface area contributed by atoms with Gasteiger partial charge in [-0.3, -0.25) is 9.89 Å². The number of aliphatic imine (C=N–C) groups is 1. The molecule has 2 amide bonds. The summed E-state index contributed by atoms with van der Waals surface area (Å²) in [6.07, 6.45) is 4.64. The van der Waals surface area contributed by atoms with Crippen molar-refractivity contribution in [2.45, 2.75) is 39.2 Å². The van der Waals surface area contributed by atoms with Crippen LogP contribution in [0.2, 0.25) is 0 Å². The topological polar surface area (TPSA) is 59.4 Å². The summed E-state index contributed by atoms with van der Waals surface area (Å²) in [4.78, 5) is 22.9. The van der Waals surface area contributed by atoms with Crippen LogP contribution >= 0.6 is 11.6 Å². The van der Waals surface area contributed by atoms with Crippen LogP contribution in [0, 0.1) is 5.41 Å². The first-order chi connectivity index (χ1) is 13.8. The van der Waals surface area contributed by atoms with E-state index in [1.807, 2.05) is 23.6 Å². The second-order valence-electron chi connectivity index (χ2n) is 8.48. The molecule has 0 bridgehead atoms. The average molecular weight is 423 g/mol. The molecule has 6 nitrogen and oxygen atoms in total. The minimum Gasteiger partial charge on any atom is -0.388 e. The Morgan fingerprint density at radius 1 is 1.41 bits per heavy atom. The zero-order valence-corrected chi connectivity index (χ0v) is 17.8. The zero-order chi connectivity index (χ0) is 20.8. The van der Waals surface area contributed by atoms with Crippen LogP contribution in [0.3, 0.4) is 0 Å². The van der Waals surface area contributed by atoms with Gasteiger partial charge in [0.05, 0.1) is 6.10 Å². The van der Waals surface area contributed by atoms with E-state index < -0.39 is 6.10 Å². The molecular weight excluding hydrogens is 395 g/mol. The van der Waals surface area contributed by atoms with E-state index in [4.69, 9.17) is 11.6 Å². The molecule has 8 heteroatoms. The molecule has 158 valence electrons. The first kappa shape index (κ1) is 20.4. The minimum atomic E-state index is -0.596. The van der Waals surface area contributed by atoms with Crippen LogP contribution in [0.4, 0.5) is 9.18 Å². The third-order valence-electron chi connectivity index (χ3n) is 6.29. The summed E-state index contributed by atoms with van der Waals surface area (Å²) in [5, 5.41) is 11.0. The number of dihydropyridines is 1. The van der Waals surface area contributed by atoms with Gasteiger partial charge in [-0.05, 0) is 38.3 Å². The number of amides is 2. The van der Waals surface area contributed by atoms with E-state index in [9.17, 15) is 14.3 Å². The number of likely N-dealkylation sites (tertiary alicyclic amines) is 2. The van der Waals surface area contributed by atoms with E-state index in [0.29, 0.717) is 56.3 Å². The summed E-state index contributed by atoms with van der Waals surface area (Å²) in [5.74, 6) is 0.247. The van der Waals surface area contributed by atoms with Crippen molar-refractivity contribution in [3.05, 3.63) is 34.3 Å². The molecule has 0 aromatic rings. The van der Waals surface area contributed by atoms with Gasteiger partial charge in [0.2, 0.25) is 0 Å². The SMILES string of the molecule is CC/C(Cl)=C\C1=C(C)N(C(=O)N2CC3(C2)CN(C2=NCCC=C2F)C3)CCC1O. The van der Waals surface area contributed by atoms with Crippen molar-refractivity contribution in [3.63, 3.8) is 0 Å². The first-order valence-electron chi connectivity index (χ1n) is 10.3. The Labute approximate surface area is 176 Å². The lowest BCUT2D eigenvalue weighted by atomic mass is 9.72. The van der Waals surface area contributed by atoms with E-state index in [0.717, 1.165) is 24.4 Å². The Morgan fingerprint density at radius 3 is 2.79 bits per heavy atom. The fraction of sp³-hybridized carbons (Fsp3) is 0.619. The average Bonchev–Trinajstić information content (AvgIpc) is 2.63. The quantitative estimate of drug-likeness (QED) is 0.743. The van der Waals surface area contributed by atoms with E-state index in [-0.39, 0.29) is 17.3 Å². The third-order valence-corrected chi connectivity index (χ3v) is 6.67. The smallest absolute Gasteiger partial charge is 0.324 e. The Morgan fingerprint density at radius 2 is 2.14 bits per heavy atom. The number of nitrogens with zero attached hydrogens (tertiary/aromatic N) is 4. The van der Waals surface area contributed by atoms with Gasteiger partial charge in [0.25, 0.3) is 0 Å². The Kier molecular flexibility index (Phi) is 5.46. The second kappa shape index (κ2) is 7.76. The second-order valence-corrected chi connectivity index (χ2v) is 8.97. The van der Waals surface area contributed by atoms with E-state index in [1.54, 1.807) is 17.1 Å². The summed E-state index contributed by atoms with van der Waals surface area (Å²) in [5.41, 5.74) is 1.54. The molecule has 1 N–H and O–H groups in total. The lowest BCUT2D eigenvalue weighted by molar-refractivity contribution is -0.0688. The van der Waals surface area contributed by atoms with Crippen LogP contribution in [0.15, 0.2) is 39.3 Å². The maximum Gasteiger partial charge on any atom is 0.324 e. The molecule has 4 aliphatic rings. The summed E-state index contributed by atoms with van der Waals surface area (Å²) < 4.78 is 13.9. The molecule has 1 unspecified atom stereocenters. The highest BCUT2D eigenvalue weighted by Crippen LogP contribution is 2.42. The van der Waals surface area contributed by atoms with Gasteiger partial charge >= 0.3 is 6.03 Å². The molecule has 2 saturated heterocycles. The Hall–Kier alpha value is -1.86. The standard InChI is InChI=1S/C21H28ClFN4O2/c1-3-15(22)9-16-14(2)27(8-6-18(16)28)20(29)26-12-21(13-26)10-25(11-21)19-17(23)5-4-7-24-19/h5,9,18,28H,3-4,6-8,10-13H2,1-2H3/b15-9+. The van der Waals surface area contributed by atoms with Crippen LogP contribution in [0.5, 0.6) is 0 Å². The normalized spacial score (nSPS) is 26.9. The Balaban J connectivity index is 1.37. The van der Waals surface area contributed by atoms with Gasteiger partial charge in [-0.15, -0.1) is 0 Å². The number of carbonyl (C=O) groups excluding carboxylic acids is 1. The van der Waals surface area contributed by atoms with Crippen molar-refractivity contribution in [1.82, 2.24) is 14.7 Å². The summed E-state index contributed by atoms with van der Waals surface area (Å²) in [6, 6.07) is -0.0296. The molecular formula is C21H28ClFN4O2. The lowest BCUT2D eigenvalue weighted by Crippen LogP contribution is -2.74. The number of allylic oxidation sites excluding steroid dienone is 2. The molecule has 1 spiro atoms. The van der Waals surface area contributed by atoms with Crippen molar-refractivity contribution in [2.75, 3.05) is 39.3 Å². The van der Waals surface area contributed by atoms with Gasteiger partial charge in [-0.25, -0.2) is 9.18 Å². The molecule has 0 aromatic heterocycles. The first-order valence-corrected chi connectivity index (χ1v) is 10.7. The number of rotatable bonds is 2. The molecule has 2 fully saturated rings. The molecule has 0 radical (unpaired) electrons. The van der Waals surface area contributed by atoms with Crippen LogP contribution in [0.25, 0.3) is 0 Å². The lowest BCUT2D eigenvalue weighted by Gasteiger charge is -2.61. The van der Waals surface area contributed by atoms with Crippen molar-refractivity contribution in [1.29, 1.82) is 0 Å². The van der Waals surface area contributed by atoms with Gasteiger partial charge in [0.1, 0.15) is 0 Å². The van der Waals surface area contributed by atoms with Crippen molar-refractivity contribution < 1.29 is 14.3 Å². The predicted molar refractivity (Wildman–Crippen MR) is 111 cm³/mol. The zero-order valence-electron chi connectivity index (χ0n) is 17.0. The van der Waals surface area contributed by atoms with Crippen LogP contribution in [-0.2, 0) is 0 Å². The molecule has 4 aliphatic heterocycles. The molecule has 4 heterocycles. The number of urea groups is 1.